The van der Waals surface area contributed by atoms with Crippen molar-refractivity contribution in [1.29, 1.82) is 0 Å². The zero-order valence-electron chi connectivity index (χ0n) is 17.0. The summed E-state index contributed by atoms with van der Waals surface area (Å²) in [6, 6.07) is 9.36. The third-order valence-corrected chi connectivity index (χ3v) is 5.53. The van der Waals surface area contributed by atoms with Crippen molar-refractivity contribution in [1.82, 2.24) is 10.1 Å². The zero-order valence-corrected chi connectivity index (χ0v) is 18.6. The third-order valence-electron chi connectivity index (χ3n) is 4.79. The van der Waals surface area contributed by atoms with Crippen molar-refractivity contribution in [2.45, 2.75) is 33.1 Å². The van der Waals surface area contributed by atoms with Gasteiger partial charge in [0.2, 0.25) is 5.91 Å². The molecule has 2 aromatic carbocycles. The Kier molecular flexibility index (Phi) is 5.76. The van der Waals surface area contributed by atoms with Crippen molar-refractivity contribution in [2.24, 2.45) is 0 Å². The molecule has 0 saturated carbocycles. The van der Waals surface area contributed by atoms with Crippen molar-refractivity contribution >= 4 is 27.5 Å². The topological polar surface area (TPSA) is 86.5 Å². The second kappa shape index (κ2) is 8.47. The fourth-order valence-electron chi connectivity index (χ4n) is 3.19. The monoisotopic (exact) mass is 471 g/mol. The first-order valence-electron chi connectivity index (χ1n) is 9.74. The number of nitrogens with one attached hydrogen (secondary N) is 1. The summed E-state index contributed by atoms with van der Waals surface area (Å²) >= 11 is 3.52. The van der Waals surface area contributed by atoms with E-state index in [2.05, 4.69) is 31.4 Å². The second-order valence-corrected chi connectivity index (χ2v) is 8.28. The number of para-hydroxylation sites is 1. The van der Waals surface area contributed by atoms with Crippen LogP contribution in [-0.4, -0.2) is 29.3 Å². The van der Waals surface area contributed by atoms with E-state index in [-0.39, 0.29) is 18.2 Å². The number of aryl methyl sites for hydroxylation is 1. The van der Waals surface area contributed by atoms with Crippen LogP contribution in [0.1, 0.15) is 36.7 Å². The molecule has 30 heavy (non-hydrogen) atoms. The minimum atomic E-state index is -0.161. The van der Waals surface area contributed by atoms with Crippen LogP contribution in [0.15, 0.2) is 39.3 Å². The van der Waals surface area contributed by atoms with Gasteiger partial charge in [-0.15, -0.1) is 0 Å². The number of rotatable bonds is 5. The molecule has 0 unspecified atom stereocenters. The molecule has 4 rings (SSSR count). The zero-order chi connectivity index (χ0) is 21.3. The smallest absolute Gasteiger partial charge is 0.260 e. The molecule has 1 aliphatic rings. The maximum Gasteiger partial charge on any atom is 0.260 e. The van der Waals surface area contributed by atoms with Crippen molar-refractivity contribution in [2.75, 3.05) is 18.5 Å². The first-order chi connectivity index (χ1) is 14.4. The van der Waals surface area contributed by atoms with E-state index in [4.69, 9.17) is 14.0 Å². The molecule has 0 atom stereocenters. The fraction of sp³-hybridized carbons (Fsp3) is 0.318. The third kappa shape index (κ3) is 4.18. The van der Waals surface area contributed by atoms with Crippen molar-refractivity contribution < 1.29 is 18.8 Å². The highest BCUT2D eigenvalue weighted by Crippen LogP contribution is 2.36. The standard InChI is InChI=1S/C22H22BrN3O4/c1-12(2)21-25-22(30-26-21)15-6-4-5-13(3)20(15)24-19(27)10-14-9-17-18(11-16(14)23)29-8-7-28-17/h4-6,9,11-12H,7-8,10H2,1-3H3,(H,24,27). The molecule has 1 N–H and O–H groups in total. The highest BCUT2D eigenvalue weighted by Gasteiger charge is 2.20. The van der Waals surface area contributed by atoms with E-state index in [1.807, 2.05) is 51.1 Å². The largest absolute Gasteiger partial charge is 0.486 e. The van der Waals surface area contributed by atoms with Gasteiger partial charge in [0.25, 0.3) is 5.89 Å². The first-order valence-corrected chi connectivity index (χ1v) is 10.5. The number of aromatic nitrogens is 2. The lowest BCUT2D eigenvalue weighted by molar-refractivity contribution is -0.115. The fourth-order valence-corrected chi connectivity index (χ4v) is 3.65. The molecule has 2 heterocycles. The summed E-state index contributed by atoms with van der Waals surface area (Å²) in [5, 5.41) is 7.04. The van der Waals surface area contributed by atoms with E-state index >= 15 is 0 Å². The Morgan fingerprint density at radius 2 is 1.93 bits per heavy atom. The number of benzene rings is 2. The Morgan fingerprint density at radius 3 is 2.63 bits per heavy atom. The van der Waals surface area contributed by atoms with Crippen molar-refractivity contribution in [3.05, 3.63) is 51.8 Å². The molecule has 0 aliphatic carbocycles. The van der Waals surface area contributed by atoms with Gasteiger partial charge in [-0.2, -0.15) is 4.98 Å². The van der Waals surface area contributed by atoms with Crippen LogP contribution in [0, 0.1) is 6.92 Å². The van der Waals surface area contributed by atoms with Crippen LogP contribution in [-0.2, 0) is 11.2 Å². The van der Waals surface area contributed by atoms with Gasteiger partial charge in [-0.25, -0.2) is 0 Å². The molecular weight excluding hydrogens is 450 g/mol. The van der Waals surface area contributed by atoms with Gasteiger partial charge in [-0.05, 0) is 36.2 Å². The predicted octanol–water partition coefficient (Wildman–Crippen LogP) is 4.88. The SMILES string of the molecule is Cc1cccc(-c2nc(C(C)C)no2)c1NC(=O)Cc1cc2c(cc1Br)OCCO2. The molecule has 0 bridgehead atoms. The summed E-state index contributed by atoms with van der Waals surface area (Å²) < 4.78 is 17.4. The van der Waals surface area contributed by atoms with Gasteiger partial charge in [0, 0.05) is 10.4 Å². The predicted molar refractivity (Wildman–Crippen MR) is 116 cm³/mol. The van der Waals surface area contributed by atoms with Gasteiger partial charge in [0.1, 0.15) is 13.2 Å². The average Bonchev–Trinajstić information content (AvgIpc) is 3.20. The lowest BCUT2D eigenvalue weighted by atomic mass is 10.1. The number of hydrogen-bond acceptors (Lipinski definition) is 6. The Balaban J connectivity index is 1.58. The van der Waals surface area contributed by atoms with Gasteiger partial charge in [-0.1, -0.05) is 47.1 Å². The molecule has 0 spiro atoms. The molecule has 0 saturated heterocycles. The molecule has 0 radical (unpaired) electrons. The number of amides is 1. The molecule has 7 nitrogen and oxygen atoms in total. The molecule has 1 amide bonds. The van der Waals surface area contributed by atoms with E-state index in [0.717, 1.165) is 15.6 Å². The lowest BCUT2D eigenvalue weighted by Crippen LogP contribution is -2.18. The number of ether oxygens (including phenoxy) is 2. The van der Waals surface area contributed by atoms with Gasteiger partial charge < -0.3 is 19.3 Å². The molecule has 1 aromatic heterocycles. The van der Waals surface area contributed by atoms with Crippen LogP contribution in [0.25, 0.3) is 11.5 Å². The number of fused-ring (bicyclic) bond motifs is 1. The van der Waals surface area contributed by atoms with Gasteiger partial charge >= 0.3 is 0 Å². The van der Waals surface area contributed by atoms with Gasteiger partial charge in [0.15, 0.2) is 17.3 Å². The summed E-state index contributed by atoms with van der Waals surface area (Å²) in [5.41, 5.74) is 3.08. The Hall–Kier alpha value is -2.87. The van der Waals surface area contributed by atoms with E-state index in [1.165, 1.54) is 0 Å². The molecular formula is C22H22BrN3O4. The maximum atomic E-state index is 12.9. The summed E-state index contributed by atoms with van der Waals surface area (Å²) in [6.45, 7) is 6.94. The minimum Gasteiger partial charge on any atom is -0.486 e. The van der Waals surface area contributed by atoms with E-state index in [0.29, 0.717) is 47.7 Å². The van der Waals surface area contributed by atoms with Crippen LogP contribution in [0.2, 0.25) is 0 Å². The highest BCUT2D eigenvalue weighted by atomic mass is 79.9. The minimum absolute atomic E-state index is 0.151. The number of halogens is 1. The number of carbonyl (C=O) groups is 1. The summed E-state index contributed by atoms with van der Waals surface area (Å²) in [6.07, 6.45) is 0.173. The van der Waals surface area contributed by atoms with Gasteiger partial charge in [0.05, 0.1) is 17.7 Å². The number of anilines is 1. The van der Waals surface area contributed by atoms with Crippen molar-refractivity contribution in [3.8, 4) is 23.0 Å². The van der Waals surface area contributed by atoms with Crippen LogP contribution in [0.3, 0.4) is 0 Å². The molecule has 0 fully saturated rings. The Labute approximate surface area is 182 Å². The Bertz CT molecular complexity index is 1090. The van der Waals surface area contributed by atoms with E-state index < -0.39 is 0 Å². The number of hydrogen-bond donors (Lipinski definition) is 1. The maximum absolute atomic E-state index is 12.9. The first kappa shape index (κ1) is 20.4. The van der Waals surface area contributed by atoms with Gasteiger partial charge in [-0.3, -0.25) is 4.79 Å². The lowest BCUT2D eigenvalue weighted by Gasteiger charge is -2.20. The average molecular weight is 472 g/mol. The molecule has 3 aromatic rings. The summed E-state index contributed by atoms with van der Waals surface area (Å²) in [4.78, 5) is 17.3. The number of carbonyl (C=O) groups excluding carboxylic acids is 1. The normalized spacial score (nSPS) is 12.8. The second-order valence-electron chi connectivity index (χ2n) is 7.42. The van der Waals surface area contributed by atoms with Crippen LogP contribution >= 0.6 is 15.9 Å². The van der Waals surface area contributed by atoms with Crippen molar-refractivity contribution in [3.63, 3.8) is 0 Å². The molecule has 156 valence electrons. The van der Waals surface area contributed by atoms with E-state index in [1.54, 1.807) is 0 Å². The highest BCUT2D eigenvalue weighted by molar-refractivity contribution is 9.10. The van der Waals surface area contributed by atoms with Crippen LogP contribution in [0.4, 0.5) is 5.69 Å². The Morgan fingerprint density at radius 1 is 1.20 bits per heavy atom. The van der Waals surface area contributed by atoms with Crippen LogP contribution < -0.4 is 14.8 Å². The quantitative estimate of drug-likeness (QED) is 0.570. The van der Waals surface area contributed by atoms with Crippen LogP contribution in [0.5, 0.6) is 11.5 Å². The molecule has 8 heteroatoms. The summed E-state index contributed by atoms with van der Waals surface area (Å²) in [5.74, 6) is 2.33. The summed E-state index contributed by atoms with van der Waals surface area (Å²) in [7, 11) is 0. The van der Waals surface area contributed by atoms with E-state index in [9.17, 15) is 4.79 Å². The number of nitrogens with zero attached hydrogens (tertiary/aromatic N) is 2. The molecule has 1 aliphatic heterocycles.